The first-order valence-corrected chi connectivity index (χ1v) is 9.11. The zero-order valence-corrected chi connectivity index (χ0v) is 14.5. The SMILES string of the molecule is CCCNC(C#N)(CC)CCCN1CCCCCC1CC. The Morgan fingerprint density at radius 1 is 1.24 bits per heavy atom. The van der Waals surface area contributed by atoms with Crippen LogP contribution in [0, 0.1) is 11.3 Å². The first-order valence-electron chi connectivity index (χ1n) is 9.11. The maximum atomic E-state index is 9.56. The summed E-state index contributed by atoms with van der Waals surface area (Å²) in [5.41, 5.74) is -0.302. The number of rotatable bonds is 9. The van der Waals surface area contributed by atoms with E-state index in [-0.39, 0.29) is 5.54 Å². The van der Waals surface area contributed by atoms with Crippen molar-refractivity contribution in [2.75, 3.05) is 19.6 Å². The Bertz CT molecular complexity index is 310. The molecule has 0 bridgehead atoms. The topological polar surface area (TPSA) is 39.1 Å². The minimum atomic E-state index is -0.302. The van der Waals surface area contributed by atoms with Crippen LogP contribution >= 0.6 is 0 Å². The molecule has 0 aromatic carbocycles. The Labute approximate surface area is 132 Å². The van der Waals surface area contributed by atoms with Crippen molar-refractivity contribution in [3.63, 3.8) is 0 Å². The zero-order valence-electron chi connectivity index (χ0n) is 14.5. The van der Waals surface area contributed by atoms with Crippen LogP contribution in [0.15, 0.2) is 0 Å². The van der Waals surface area contributed by atoms with Crippen LogP contribution in [0.1, 0.15) is 78.6 Å². The van der Waals surface area contributed by atoms with Crippen LogP contribution in [0.2, 0.25) is 0 Å². The maximum absolute atomic E-state index is 9.56. The average molecular weight is 293 g/mol. The standard InChI is InChI=1S/C18H35N3/c1-4-13-20-18(6-3,16-19)12-10-15-21-14-9-7-8-11-17(21)5-2/h17,20H,4-15H2,1-3H3. The van der Waals surface area contributed by atoms with Gasteiger partial charge in [-0.2, -0.15) is 5.26 Å². The molecule has 0 radical (unpaired) electrons. The summed E-state index contributed by atoms with van der Waals surface area (Å²) >= 11 is 0. The molecule has 0 saturated carbocycles. The quantitative estimate of drug-likeness (QED) is 0.696. The van der Waals surface area contributed by atoms with E-state index < -0.39 is 0 Å². The van der Waals surface area contributed by atoms with Crippen LogP contribution in [-0.4, -0.2) is 36.1 Å². The summed E-state index contributed by atoms with van der Waals surface area (Å²) < 4.78 is 0. The number of nitrogens with zero attached hydrogens (tertiary/aromatic N) is 2. The van der Waals surface area contributed by atoms with Gasteiger partial charge in [0.1, 0.15) is 5.54 Å². The number of nitrogens with one attached hydrogen (secondary N) is 1. The maximum Gasteiger partial charge on any atom is 0.106 e. The van der Waals surface area contributed by atoms with Gasteiger partial charge in [-0.1, -0.05) is 33.6 Å². The van der Waals surface area contributed by atoms with Gasteiger partial charge in [-0.15, -0.1) is 0 Å². The van der Waals surface area contributed by atoms with Crippen molar-refractivity contribution in [1.29, 1.82) is 5.26 Å². The van der Waals surface area contributed by atoms with E-state index >= 15 is 0 Å². The lowest BCUT2D eigenvalue weighted by Gasteiger charge is -2.31. The van der Waals surface area contributed by atoms with Crippen LogP contribution in [0.5, 0.6) is 0 Å². The normalized spacial score (nSPS) is 23.2. The third-order valence-electron chi connectivity index (χ3n) is 5.05. The average Bonchev–Trinajstić information content (AvgIpc) is 2.76. The van der Waals surface area contributed by atoms with E-state index in [1.54, 1.807) is 0 Å². The van der Waals surface area contributed by atoms with E-state index in [4.69, 9.17) is 0 Å². The van der Waals surface area contributed by atoms with Gasteiger partial charge in [-0.05, 0) is 64.6 Å². The summed E-state index contributed by atoms with van der Waals surface area (Å²) in [4.78, 5) is 2.69. The van der Waals surface area contributed by atoms with E-state index in [1.807, 2.05) is 0 Å². The van der Waals surface area contributed by atoms with Crippen LogP contribution in [0.4, 0.5) is 0 Å². The molecular weight excluding hydrogens is 258 g/mol. The fourth-order valence-corrected chi connectivity index (χ4v) is 3.51. The van der Waals surface area contributed by atoms with Gasteiger partial charge in [0.25, 0.3) is 0 Å². The van der Waals surface area contributed by atoms with Gasteiger partial charge in [0.2, 0.25) is 0 Å². The van der Waals surface area contributed by atoms with Crippen molar-refractivity contribution >= 4 is 0 Å². The fourth-order valence-electron chi connectivity index (χ4n) is 3.51. The van der Waals surface area contributed by atoms with Crippen molar-refractivity contribution < 1.29 is 0 Å². The smallest absolute Gasteiger partial charge is 0.106 e. The molecule has 0 aromatic rings. The molecule has 2 unspecified atom stereocenters. The minimum absolute atomic E-state index is 0.302. The van der Waals surface area contributed by atoms with Crippen LogP contribution in [0.3, 0.4) is 0 Å². The monoisotopic (exact) mass is 293 g/mol. The highest BCUT2D eigenvalue weighted by molar-refractivity contribution is 5.06. The number of nitriles is 1. The van der Waals surface area contributed by atoms with E-state index in [9.17, 15) is 5.26 Å². The lowest BCUT2D eigenvalue weighted by molar-refractivity contribution is 0.184. The summed E-state index contributed by atoms with van der Waals surface area (Å²) in [6.45, 7) is 9.98. The summed E-state index contributed by atoms with van der Waals surface area (Å²) in [5, 5.41) is 13.0. The third-order valence-corrected chi connectivity index (χ3v) is 5.05. The first-order chi connectivity index (χ1) is 10.2. The molecule has 21 heavy (non-hydrogen) atoms. The Kier molecular flexibility index (Phi) is 8.96. The molecule has 0 spiro atoms. The number of hydrogen-bond acceptors (Lipinski definition) is 3. The lowest BCUT2D eigenvalue weighted by atomic mass is 9.91. The molecule has 0 amide bonds. The van der Waals surface area contributed by atoms with Crippen molar-refractivity contribution in [1.82, 2.24) is 10.2 Å². The summed E-state index contributed by atoms with van der Waals surface area (Å²) in [7, 11) is 0. The third kappa shape index (κ3) is 5.96. The van der Waals surface area contributed by atoms with Crippen LogP contribution in [0.25, 0.3) is 0 Å². The molecule has 1 saturated heterocycles. The molecule has 0 aromatic heterocycles. The molecule has 1 rings (SSSR count). The second-order valence-corrected chi connectivity index (χ2v) is 6.53. The van der Waals surface area contributed by atoms with Gasteiger partial charge in [-0.25, -0.2) is 0 Å². The van der Waals surface area contributed by atoms with E-state index in [0.717, 1.165) is 44.8 Å². The van der Waals surface area contributed by atoms with E-state index in [0.29, 0.717) is 0 Å². The zero-order chi connectivity index (χ0) is 15.6. The Morgan fingerprint density at radius 3 is 2.67 bits per heavy atom. The highest BCUT2D eigenvalue weighted by atomic mass is 15.2. The lowest BCUT2D eigenvalue weighted by Crippen LogP contribution is -2.44. The Hall–Kier alpha value is -0.590. The minimum Gasteiger partial charge on any atom is -0.300 e. The van der Waals surface area contributed by atoms with Gasteiger partial charge < -0.3 is 4.90 Å². The van der Waals surface area contributed by atoms with Crippen LogP contribution < -0.4 is 5.32 Å². The molecule has 3 heteroatoms. The van der Waals surface area contributed by atoms with Gasteiger partial charge in [0.05, 0.1) is 6.07 Å². The molecule has 1 aliphatic heterocycles. The van der Waals surface area contributed by atoms with Gasteiger partial charge in [0.15, 0.2) is 0 Å². The summed E-state index contributed by atoms with van der Waals surface area (Å²) in [6, 6.07) is 3.32. The van der Waals surface area contributed by atoms with E-state index in [1.165, 1.54) is 38.6 Å². The molecule has 1 fully saturated rings. The molecule has 0 aliphatic carbocycles. The largest absolute Gasteiger partial charge is 0.300 e. The molecule has 2 atom stereocenters. The van der Waals surface area contributed by atoms with E-state index in [2.05, 4.69) is 37.1 Å². The molecule has 3 nitrogen and oxygen atoms in total. The van der Waals surface area contributed by atoms with Gasteiger partial charge >= 0.3 is 0 Å². The predicted molar refractivity (Wildman–Crippen MR) is 90.3 cm³/mol. The highest BCUT2D eigenvalue weighted by Gasteiger charge is 2.27. The molecule has 122 valence electrons. The van der Waals surface area contributed by atoms with Crippen molar-refractivity contribution in [2.45, 2.75) is 90.1 Å². The Morgan fingerprint density at radius 2 is 2.05 bits per heavy atom. The van der Waals surface area contributed by atoms with Gasteiger partial charge in [0, 0.05) is 6.04 Å². The number of likely N-dealkylation sites (tertiary alicyclic amines) is 1. The molecule has 1 aliphatic rings. The highest BCUT2D eigenvalue weighted by Crippen LogP contribution is 2.22. The van der Waals surface area contributed by atoms with Crippen LogP contribution in [-0.2, 0) is 0 Å². The second-order valence-electron chi connectivity index (χ2n) is 6.53. The first kappa shape index (κ1) is 18.5. The number of hydrogen-bond donors (Lipinski definition) is 1. The van der Waals surface area contributed by atoms with Crippen molar-refractivity contribution in [2.24, 2.45) is 0 Å². The molecular formula is C18H35N3. The predicted octanol–water partition coefficient (Wildman–Crippen LogP) is 4.09. The summed E-state index contributed by atoms with van der Waals surface area (Å²) in [5.74, 6) is 0. The van der Waals surface area contributed by atoms with Crippen molar-refractivity contribution in [3.05, 3.63) is 0 Å². The van der Waals surface area contributed by atoms with Crippen molar-refractivity contribution in [3.8, 4) is 6.07 Å². The summed E-state index contributed by atoms with van der Waals surface area (Å²) in [6.07, 6.45) is 10.9. The van der Waals surface area contributed by atoms with Gasteiger partial charge in [-0.3, -0.25) is 5.32 Å². The second kappa shape index (κ2) is 10.2. The fraction of sp³-hybridized carbons (Fsp3) is 0.944. The molecule has 1 N–H and O–H groups in total. The molecule has 1 heterocycles. The Balaban J connectivity index is 2.46.